The average Bonchev–Trinajstić information content (AvgIpc) is 3.11. The van der Waals surface area contributed by atoms with Gasteiger partial charge in [0.2, 0.25) is 5.95 Å². The van der Waals surface area contributed by atoms with Crippen molar-refractivity contribution in [1.29, 1.82) is 0 Å². The van der Waals surface area contributed by atoms with E-state index in [2.05, 4.69) is 45.6 Å². The molecule has 45 heavy (non-hydrogen) atoms. The monoisotopic (exact) mass is 646 g/mol. The molecule has 5 rings (SSSR count). The zero-order chi connectivity index (χ0) is 32.1. The molecule has 0 amide bonds. The van der Waals surface area contributed by atoms with Gasteiger partial charge in [-0.2, -0.15) is 0 Å². The zero-order valence-electron chi connectivity index (χ0n) is 26.4. The lowest BCUT2D eigenvalue weighted by Gasteiger charge is -2.30. The third-order valence-corrected chi connectivity index (χ3v) is 10.2. The molecule has 1 saturated heterocycles. The number of halogens is 1. The van der Waals surface area contributed by atoms with Crippen LogP contribution in [-0.2, 0) is 23.0 Å². The summed E-state index contributed by atoms with van der Waals surface area (Å²) in [5, 5.41) is 11.6. The Bertz CT molecular complexity index is 1690. The molecule has 3 aromatic carbocycles. The van der Waals surface area contributed by atoms with Crippen LogP contribution < -0.4 is 4.72 Å². The Morgan fingerprint density at radius 2 is 1.64 bits per heavy atom. The Balaban J connectivity index is 1.36. The second-order valence-corrected chi connectivity index (χ2v) is 14.8. The summed E-state index contributed by atoms with van der Waals surface area (Å²) < 4.78 is 29.7. The first-order valence-electron chi connectivity index (χ1n) is 15.7. The van der Waals surface area contributed by atoms with E-state index in [1.54, 1.807) is 24.3 Å². The standard InChI is InChI=1S/C36H43ClN4O3S/c1-24(2)18-31-29(16-17-41(23-33(31)42)22-27-12-6-5-7-13-27)19-28-14-9-15-30(20-28)45(43,44)40-36-38-32(21-34(37)39-36)35-25(3)10-8-11-26(35)4/h5-15,20-21,24,29,31,33,42H,16-19,22-23H2,1-4H3,(H,38,39,40)/t29?,31-,33+/m0/s1. The second kappa shape index (κ2) is 14.4. The van der Waals surface area contributed by atoms with Crippen molar-refractivity contribution >= 4 is 27.6 Å². The maximum Gasteiger partial charge on any atom is 0.264 e. The molecule has 1 fully saturated rings. The number of nitrogens with one attached hydrogen (secondary N) is 1. The van der Waals surface area contributed by atoms with Crippen LogP contribution in [0.1, 0.15) is 48.9 Å². The Hall–Kier alpha value is -3.30. The summed E-state index contributed by atoms with van der Waals surface area (Å²) in [4.78, 5) is 11.2. The van der Waals surface area contributed by atoms with Crippen LogP contribution in [0.3, 0.4) is 0 Å². The van der Waals surface area contributed by atoms with Crippen molar-refractivity contribution in [2.75, 3.05) is 17.8 Å². The van der Waals surface area contributed by atoms with E-state index in [1.165, 1.54) is 5.56 Å². The van der Waals surface area contributed by atoms with Gasteiger partial charge in [0.1, 0.15) is 5.15 Å². The molecule has 2 N–H and O–H groups in total. The number of hydrogen-bond donors (Lipinski definition) is 2. The quantitative estimate of drug-likeness (QED) is 0.176. The van der Waals surface area contributed by atoms with Crippen LogP contribution in [0.4, 0.5) is 5.95 Å². The first kappa shape index (κ1) is 33.1. The van der Waals surface area contributed by atoms with Crippen LogP contribution in [0.15, 0.2) is 83.8 Å². The second-order valence-electron chi connectivity index (χ2n) is 12.8. The molecule has 0 bridgehead atoms. The van der Waals surface area contributed by atoms with Crippen LogP contribution >= 0.6 is 11.6 Å². The van der Waals surface area contributed by atoms with Gasteiger partial charge in [-0.25, -0.2) is 23.1 Å². The highest BCUT2D eigenvalue weighted by Crippen LogP contribution is 2.34. The highest BCUT2D eigenvalue weighted by molar-refractivity contribution is 7.92. The van der Waals surface area contributed by atoms with Crippen LogP contribution in [0.5, 0.6) is 0 Å². The first-order valence-corrected chi connectivity index (χ1v) is 17.5. The molecule has 9 heteroatoms. The predicted molar refractivity (Wildman–Crippen MR) is 182 cm³/mol. The molecule has 7 nitrogen and oxygen atoms in total. The number of likely N-dealkylation sites (tertiary alicyclic amines) is 1. The van der Waals surface area contributed by atoms with Crippen LogP contribution in [0.2, 0.25) is 5.15 Å². The Labute approximate surface area is 272 Å². The number of hydrogen-bond acceptors (Lipinski definition) is 6. The molecule has 0 radical (unpaired) electrons. The number of aliphatic hydroxyl groups is 1. The van der Waals surface area contributed by atoms with Crippen molar-refractivity contribution in [2.24, 2.45) is 17.8 Å². The molecule has 4 aromatic rings. The summed E-state index contributed by atoms with van der Waals surface area (Å²) in [5.41, 5.74) is 5.62. The molecule has 3 atom stereocenters. The van der Waals surface area contributed by atoms with E-state index >= 15 is 0 Å². The molecular formula is C36H43ClN4O3S. The van der Waals surface area contributed by atoms with Gasteiger partial charge in [0.05, 0.1) is 16.7 Å². The van der Waals surface area contributed by atoms with E-state index in [9.17, 15) is 13.5 Å². The Morgan fingerprint density at radius 1 is 0.956 bits per heavy atom. The van der Waals surface area contributed by atoms with E-state index in [0.29, 0.717) is 24.6 Å². The number of rotatable bonds is 10. The van der Waals surface area contributed by atoms with Gasteiger partial charge < -0.3 is 5.11 Å². The van der Waals surface area contributed by atoms with Crippen LogP contribution in [0.25, 0.3) is 11.3 Å². The highest BCUT2D eigenvalue weighted by atomic mass is 35.5. The van der Waals surface area contributed by atoms with Gasteiger partial charge in [-0.05, 0) is 91.8 Å². The number of aliphatic hydroxyl groups excluding tert-OH is 1. The lowest BCUT2D eigenvalue weighted by atomic mass is 9.77. The third kappa shape index (κ3) is 8.50. The minimum absolute atomic E-state index is 0.0760. The summed E-state index contributed by atoms with van der Waals surface area (Å²) in [6.07, 6.45) is 2.07. The molecule has 238 valence electrons. The van der Waals surface area contributed by atoms with Crippen molar-refractivity contribution < 1.29 is 13.5 Å². The number of sulfonamides is 1. The molecular weight excluding hydrogens is 604 g/mol. The minimum Gasteiger partial charge on any atom is -0.391 e. The molecule has 1 aliphatic rings. The predicted octanol–water partition coefficient (Wildman–Crippen LogP) is 7.30. The summed E-state index contributed by atoms with van der Waals surface area (Å²) in [6, 6.07) is 25.0. The molecule has 2 heterocycles. The molecule has 0 saturated carbocycles. The summed E-state index contributed by atoms with van der Waals surface area (Å²) >= 11 is 6.33. The molecule has 1 aromatic heterocycles. The number of aromatic nitrogens is 2. The van der Waals surface area contributed by atoms with Gasteiger partial charge in [-0.15, -0.1) is 0 Å². The number of benzene rings is 3. The van der Waals surface area contributed by atoms with E-state index < -0.39 is 16.1 Å². The molecule has 0 aliphatic carbocycles. The fraction of sp³-hybridized carbons (Fsp3) is 0.389. The number of aryl methyl sites for hydroxylation is 2. The molecule has 1 aliphatic heterocycles. The maximum absolute atomic E-state index is 13.6. The van der Waals surface area contributed by atoms with Crippen LogP contribution in [0, 0.1) is 31.6 Å². The fourth-order valence-corrected chi connectivity index (χ4v) is 7.83. The lowest BCUT2D eigenvalue weighted by Crippen LogP contribution is -2.35. The fourth-order valence-electron chi connectivity index (χ4n) is 6.63. The van der Waals surface area contributed by atoms with Gasteiger partial charge in [0.15, 0.2) is 0 Å². The van der Waals surface area contributed by atoms with Gasteiger partial charge >= 0.3 is 0 Å². The smallest absolute Gasteiger partial charge is 0.264 e. The van der Waals surface area contributed by atoms with Crippen molar-refractivity contribution in [3.05, 3.63) is 106 Å². The Kier molecular flexibility index (Phi) is 10.6. The van der Waals surface area contributed by atoms with Gasteiger partial charge in [0, 0.05) is 24.7 Å². The van der Waals surface area contributed by atoms with Gasteiger partial charge in [0.25, 0.3) is 10.0 Å². The van der Waals surface area contributed by atoms with Crippen molar-refractivity contribution in [2.45, 2.75) is 64.5 Å². The first-order chi connectivity index (χ1) is 21.5. The average molecular weight is 647 g/mol. The maximum atomic E-state index is 13.6. The lowest BCUT2D eigenvalue weighted by molar-refractivity contribution is 0.0494. The number of β-amino-alcohol motifs (C(OH)–C–C–N with tert-alkyl or cyclic N) is 1. The van der Waals surface area contributed by atoms with E-state index in [0.717, 1.165) is 48.2 Å². The highest BCUT2D eigenvalue weighted by Gasteiger charge is 2.34. The number of nitrogens with zero attached hydrogens (tertiary/aromatic N) is 3. The normalized spacial score (nSPS) is 19.4. The SMILES string of the molecule is Cc1cccc(C)c1-c1cc(Cl)nc(NS(=O)(=O)c2cccc(CC3CCN(Cc4ccccc4)C[C@@H](O)[C@H]3CC(C)C)c2)n1. The van der Waals surface area contributed by atoms with E-state index in [1.807, 2.05) is 56.3 Å². The van der Waals surface area contributed by atoms with Crippen molar-refractivity contribution in [3.8, 4) is 11.3 Å². The van der Waals surface area contributed by atoms with Gasteiger partial charge in [-0.3, -0.25) is 4.90 Å². The molecule has 0 spiro atoms. The van der Waals surface area contributed by atoms with Crippen molar-refractivity contribution in [1.82, 2.24) is 14.9 Å². The summed E-state index contributed by atoms with van der Waals surface area (Å²) in [5.74, 6) is 0.695. The third-order valence-electron chi connectivity index (χ3n) is 8.72. The van der Waals surface area contributed by atoms with E-state index in [-0.39, 0.29) is 27.8 Å². The van der Waals surface area contributed by atoms with E-state index in [4.69, 9.17) is 11.6 Å². The van der Waals surface area contributed by atoms with Crippen molar-refractivity contribution in [3.63, 3.8) is 0 Å². The summed E-state index contributed by atoms with van der Waals surface area (Å²) in [7, 11) is -4.00. The summed E-state index contributed by atoms with van der Waals surface area (Å²) in [6.45, 7) is 10.7. The Morgan fingerprint density at radius 3 is 2.36 bits per heavy atom. The molecule has 1 unspecified atom stereocenters. The zero-order valence-corrected chi connectivity index (χ0v) is 28.0. The topological polar surface area (TPSA) is 95.4 Å². The largest absolute Gasteiger partial charge is 0.391 e. The van der Waals surface area contributed by atoms with Gasteiger partial charge in [-0.1, -0.05) is 86.1 Å². The number of anilines is 1. The minimum atomic E-state index is -4.00. The van der Waals surface area contributed by atoms with Crippen LogP contribution in [-0.4, -0.2) is 47.6 Å².